The molecule has 2 rings (SSSR count). The van der Waals surface area contributed by atoms with E-state index in [4.69, 9.17) is 5.73 Å². The predicted molar refractivity (Wildman–Crippen MR) is 63.8 cm³/mol. The second-order valence-electron chi connectivity index (χ2n) is 4.71. The highest BCUT2D eigenvalue weighted by Crippen LogP contribution is 2.16. The average molecular weight is 204 g/mol. The molecule has 1 aliphatic rings. The zero-order valence-electron chi connectivity index (χ0n) is 9.66. The van der Waals surface area contributed by atoms with E-state index in [2.05, 4.69) is 36.9 Å². The van der Waals surface area contributed by atoms with E-state index in [0.29, 0.717) is 6.04 Å². The first-order valence-corrected chi connectivity index (χ1v) is 5.69. The van der Waals surface area contributed by atoms with Crippen LogP contribution in [0.5, 0.6) is 0 Å². The minimum Gasteiger partial charge on any atom is -0.326 e. The van der Waals surface area contributed by atoms with Crippen molar-refractivity contribution in [3.63, 3.8) is 0 Å². The standard InChI is InChI=1S/C13H20N2/c1-10-3-4-11(2)12(7-10)8-15-6-5-13(14)9-15/h3-4,7,13H,5-6,8-9,14H2,1-2H3/t13-/m1/s1. The van der Waals surface area contributed by atoms with Crippen LogP contribution in [-0.2, 0) is 6.54 Å². The van der Waals surface area contributed by atoms with Gasteiger partial charge in [0.2, 0.25) is 0 Å². The SMILES string of the molecule is Cc1ccc(C)c(CN2CC[C@@H](N)C2)c1. The number of hydrogen-bond acceptors (Lipinski definition) is 2. The van der Waals surface area contributed by atoms with Crippen LogP contribution in [0.1, 0.15) is 23.1 Å². The number of nitrogens with two attached hydrogens (primary N) is 1. The third-order valence-electron chi connectivity index (χ3n) is 3.21. The summed E-state index contributed by atoms with van der Waals surface area (Å²) in [5.74, 6) is 0. The molecular formula is C13H20N2. The minimum atomic E-state index is 0.384. The summed E-state index contributed by atoms with van der Waals surface area (Å²) >= 11 is 0. The van der Waals surface area contributed by atoms with Crippen LogP contribution in [0.25, 0.3) is 0 Å². The van der Waals surface area contributed by atoms with Crippen molar-refractivity contribution in [2.24, 2.45) is 5.73 Å². The van der Waals surface area contributed by atoms with E-state index in [1.807, 2.05) is 0 Å². The Morgan fingerprint density at radius 1 is 1.40 bits per heavy atom. The lowest BCUT2D eigenvalue weighted by atomic mass is 10.1. The first-order valence-electron chi connectivity index (χ1n) is 5.69. The van der Waals surface area contributed by atoms with E-state index in [1.54, 1.807) is 0 Å². The summed E-state index contributed by atoms with van der Waals surface area (Å²) in [4.78, 5) is 2.45. The quantitative estimate of drug-likeness (QED) is 0.796. The van der Waals surface area contributed by atoms with Crippen LogP contribution in [0.2, 0.25) is 0 Å². The Kier molecular flexibility index (Phi) is 3.08. The fourth-order valence-electron chi connectivity index (χ4n) is 2.22. The summed E-state index contributed by atoms with van der Waals surface area (Å²) in [5, 5.41) is 0. The summed E-state index contributed by atoms with van der Waals surface area (Å²) in [6.07, 6.45) is 1.14. The van der Waals surface area contributed by atoms with Gasteiger partial charge in [0.05, 0.1) is 0 Å². The predicted octanol–water partition coefficient (Wildman–Crippen LogP) is 1.84. The molecule has 1 aromatic carbocycles. The molecule has 1 atom stereocenters. The van der Waals surface area contributed by atoms with Crippen molar-refractivity contribution in [2.45, 2.75) is 32.9 Å². The summed E-state index contributed by atoms with van der Waals surface area (Å²) in [6, 6.07) is 7.06. The van der Waals surface area contributed by atoms with Gasteiger partial charge in [-0.25, -0.2) is 0 Å². The van der Waals surface area contributed by atoms with Crippen LogP contribution in [0.4, 0.5) is 0 Å². The van der Waals surface area contributed by atoms with Crippen LogP contribution >= 0.6 is 0 Å². The molecule has 0 aliphatic carbocycles. The van der Waals surface area contributed by atoms with E-state index in [0.717, 1.165) is 26.1 Å². The van der Waals surface area contributed by atoms with E-state index in [1.165, 1.54) is 16.7 Å². The fraction of sp³-hybridized carbons (Fsp3) is 0.538. The van der Waals surface area contributed by atoms with Gasteiger partial charge < -0.3 is 5.73 Å². The van der Waals surface area contributed by atoms with Gasteiger partial charge in [-0.05, 0) is 31.4 Å². The van der Waals surface area contributed by atoms with Crippen LogP contribution in [0.3, 0.4) is 0 Å². The molecule has 1 fully saturated rings. The van der Waals surface area contributed by atoms with Crippen molar-refractivity contribution in [3.8, 4) is 0 Å². The highest BCUT2D eigenvalue weighted by atomic mass is 15.2. The molecule has 1 aromatic rings. The Morgan fingerprint density at radius 2 is 2.20 bits per heavy atom. The summed E-state index contributed by atoms with van der Waals surface area (Å²) in [7, 11) is 0. The first kappa shape index (κ1) is 10.7. The van der Waals surface area contributed by atoms with Crippen LogP contribution in [0, 0.1) is 13.8 Å². The number of likely N-dealkylation sites (tertiary alicyclic amines) is 1. The van der Waals surface area contributed by atoms with Gasteiger partial charge in [-0.3, -0.25) is 4.90 Å². The number of aryl methyl sites for hydroxylation is 2. The van der Waals surface area contributed by atoms with E-state index < -0.39 is 0 Å². The molecule has 2 nitrogen and oxygen atoms in total. The maximum absolute atomic E-state index is 5.91. The minimum absolute atomic E-state index is 0.384. The summed E-state index contributed by atoms with van der Waals surface area (Å²) in [6.45, 7) is 7.59. The normalized spacial score (nSPS) is 22.2. The zero-order chi connectivity index (χ0) is 10.8. The van der Waals surface area contributed by atoms with Crippen molar-refractivity contribution in [3.05, 3.63) is 34.9 Å². The van der Waals surface area contributed by atoms with E-state index in [9.17, 15) is 0 Å². The zero-order valence-corrected chi connectivity index (χ0v) is 9.66. The molecule has 0 unspecified atom stereocenters. The van der Waals surface area contributed by atoms with Gasteiger partial charge in [-0.15, -0.1) is 0 Å². The number of hydrogen-bond donors (Lipinski definition) is 1. The molecule has 0 spiro atoms. The van der Waals surface area contributed by atoms with Gasteiger partial charge in [0.25, 0.3) is 0 Å². The molecule has 1 aliphatic heterocycles. The van der Waals surface area contributed by atoms with Gasteiger partial charge in [0.1, 0.15) is 0 Å². The van der Waals surface area contributed by atoms with Gasteiger partial charge in [0, 0.05) is 25.7 Å². The van der Waals surface area contributed by atoms with Gasteiger partial charge in [-0.2, -0.15) is 0 Å². The average Bonchev–Trinajstić information content (AvgIpc) is 2.58. The van der Waals surface area contributed by atoms with Gasteiger partial charge in [0.15, 0.2) is 0 Å². The Bertz CT molecular complexity index is 346. The topological polar surface area (TPSA) is 29.3 Å². The highest BCUT2D eigenvalue weighted by Gasteiger charge is 2.19. The molecule has 2 heteroatoms. The van der Waals surface area contributed by atoms with Crippen LogP contribution in [0.15, 0.2) is 18.2 Å². The number of rotatable bonds is 2. The Labute approximate surface area is 92.1 Å². The third kappa shape index (κ3) is 2.58. The number of benzene rings is 1. The molecule has 1 heterocycles. The van der Waals surface area contributed by atoms with Crippen molar-refractivity contribution in [2.75, 3.05) is 13.1 Å². The van der Waals surface area contributed by atoms with Crippen molar-refractivity contribution >= 4 is 0 Å². The third-order valence-corrected chi connectivity index (χ3v) is 3.21. The maximum Gasteiger partial charge on any atom is 0.0237 e. The number of nitrogens with zero attached hydrogens (tertiary/aromatic N) is 1. The molecule has 0 aromatic heterocycles. The van der Waals surface area contributed by atoms with Gasteiger partial charge >= 0.3 is 0 Å². The second-order valence-corrected chi connectivity index (χ2v) is 4.71. The maximum atomic E-state index is 5.91. The van der Waals surface area contributed by atoms with E-state index >= 15 is 0 Å². The van der Waals surface area contributed by atoms with Crippen molar-refractivity contribution in [1.29, 1.82) is 0 Å². The first-order chi connectivity index (χ1) is 7.15. The van der Waals surface area contributed by atoms with Gasteiger partial charge in [-0.1, -0.05) is 23.8 Å². The molecule has 0 bridgehead atoms. The van der Waals surface area contributed by atoms with Crippen LogP contribution in [-0.4, -0.2) is 24.0 Å². The molecule has 0 amide bonds. The molecule has 2 N–H and O–H groups in total. The Hall–Kier alpha value is -0.860. The largest absolute Gasteiger partial charge is 0.326 e. The second kappa shape index (κ2) is 4.33. The monoisotopic (exact) mass is 204 g/mol. The smallest absolute Gasteiger partial charge is 0.0237 e. The van der Waals surface area contributed by atoms with E-state index in [-0.39, 0.29) is 0 Å². The highest BCUT2D eigenvalue weighted by molar-refractivity contribution is 5.30. The Balaban J connectivity index is 2.07. The molecule has 1 saturated heterocycles. The lowest BCUT2D eigenvalue weighted by molar-refractivity contribution is 0.326. The molecule has 0 saturated carbocycles. The summed E-state index contributed by atoms with van der Waals surface area (Å²) < 4.78 is 0. The molecule has 82 valence electrons. The fourth-order valence-corrected chi connectivity index (χ4v) is 2.22. The van der Waals surface area contributed by atoms with Crippen LogP contribution < -0.4 is 5.73 Å². The lowest BCUT2D eigenvalue weighted by Gasteiger charge is -2.17. The van der Waals surface area contributed by atoms with Crippen molar-refractivity contribution in [1.82, 2.24) is 4.90 Å². The molecular weight excluding hydrogens is 184 g/mol. The van der Waals surface area contributed by atoms with Crippen molar-refractivity contribution < 1.29 is 0 Å². The lowest BCUT2D eigenvalue weighted by Crippen LogP contribution is -2.26. The molecule has 0 radical (unpaired) electrons. The molecule has 15 heavy (non-hydrogen) atoms. The summed E-state index contributed by atoms with van der Waals surface area (Å²) in [5.41, 5.74) is 10.1. The Morgan fingerprint density at radius 3 is 2.87 bits per heavy atom.